The summed E-state index contributed by atoms with van der Waals surface area (Å²) in [5.41, 5.74) is 0. The van der Waals surface area contributed by atoms with Gasteiger partial charge in [-0.2, -0.15) is 0 Å². The van der Waals surface area contributed by atoms with Crippen molar-refractivity contribution in [3.05, 3.63) is 0 Å². The minimum atomic E-state index is -2.88. The Morgan fingerprint density at radius 3 is 2.21 bits per heavy atom. The molecule has 7 heteroatoms. The molecule has 0 aromatic carbocycles. The molecule has 0 saturated heterocycles. The predicted molar refractivity (Wildman–Crippen MR) is 43.1 cm³/mol. The lowest BCUT2D eigenvalue weighted by atomic mass is 10.0. The Balaban J connectivity index is 4.51. The molecule has 0 spiro atoms. The van der Waals surface area contributed by atoms with Crippen LogP contribution < -0.4 is 0 Å². The normalized spacial score (nSPS) is 18.7. The van der Waals surface area contributed by atoms with Crippen LogP contribution >= 0.6 is 0 Å². The van der Waals surface area contributed by atoms with Gasteiger partial charge in [-0.1, -0.05) is 0 Å². The fourth-order valence-electron chi connectivity index (χ4n) is 0.822. The van der Waals surface area contributed by atoms with Crippen LogP contribution in [0.4, 0.5) is 0 Å². The fraction of sp³-hybridized carbons (Fsp3) is 0.857. The molecule has 0 bridgehead atoms. The van der Waals surface area contributed by atoms with Crippen molar-refractivity contribution in [2.45, 2.75) is 24.1 Å². The van der Waals surface area contributed by atoms with Crippen molar-refractivity contribution >= 4 is 6.29 Å². The number of hydrogen-bond acceptors (Lipinski definition) is 7. The van der Waals surface area contributed by atoms with Crippen LogP contribution in [0.1, 0.15) is 0 Å². The van der Waals surface area contributed by atoms with Crippen LogP contribution in [0.3, 0.4) is 0 Å². The molecule has 5 N–H and O–H groups in total. The van der Waals surface area contributed by atoms with E-state index in [0.717, 1.165) is 7.11 Å². The highest BCUT2D eigenvalue weighted by Crippen LogP contribution is 2.13. The molecule has 0 unspecified atom stereocenters. The molecule has 0 rings (SSSR count). The fourth-order valence-corrected chi connectivity index (χ4v) is 0.822. The molecule has 0 aliphatic carbocycles. The van der Waals surface area contributed by atoms with E-state index >= 15 is 0 Å². The van der Waals surface area contributed by atoms with Gasteiger partial charge < -0.3 is 35.1 Å². The van der Waals surface area contributed by atoms with Crippen molar-refractivity contribution in [2.75, 3.05) is 13.7 Å². The lowest BCUT2D eigenvalue weighted by Crippen LogP contribution is -2.55. The summed E-state index contributed by atoms with van der Waals surface area (Å²) >= 11 is 0. The number of rotatable bonds is 6. The van der Waals surface area contributed by atoms with Crippen molar-refractivity contribution in [3.63, 3.8) is 0 Å². The second kappa shape index (κ2) is 5.35. The molecule has 0 aromatic heterocycles. The van der Waals surface area contributed by atoms with Crippen molar-refractivity contribution < 1.29 is 35.1 Å². The standard InChI is InChI=1S/C7H14O7/c1-14-4(2-8)5(10)6(11)7(12,13)3-9/h2,4-6,9-13H,3H2,1H3/t4-,5-,6+/m1/s1. The van der Waals surface area contributed by atoms with Gasteiger partial charge in [-0.05, 0) is 0 Å². The SMILES string of the molecule is CO[C@H](C=O)[C@@H](O)[C@H](O)C(O)(O)CO. The molecule has 0 aliphatic heterocycles. The minimum Gasteiger partial charge on any atom is -0.391 e. The number of aliphatic hydroxyl groups excluding tert-OH is 3. The van der Waals surface area contributed by atoms with E-state index in [-0.39, 0.29) is 6.29 Å². The first-order valence-electron chi connectivity index (χ1n) is 3.80. The van der Waals surface area contributed by atoms with Crippen LogP contribution in [-0.4, -0.2) is 69.6 Å². The van der Waals surface area contributed by atoms with Gasteiger partial charge in [-0.3, -0.25) is 0 Å². The summed E-state index contributed by atoms with van der Waals surface area (Å²) in [7, 11) is 1.10. The van der Waals surface area contributed by atoms with Gasteiger partial charge in [0, 0.05) is 7.11 Å². The Kier molecular flexibility index (Phi) is 5.13. The molecule has 0 amide bonds. The van der Waals surface area contributed by atoms with Crippen LogP contribution in [0, 0.1) is 0 Å². The van der Waals surface area contributed by atoms with E-state index in [1.807, 2.05) is 0 Å². The molecular weight excluding hydrogens is 196 g/mol. The van der Waals surface area contributed by atoms with E-state index in [1.54, 1.807) is 0 Å². The van der Waals surface area contributed by atoms with Crippen molar-refractivity contribution in [1.29, 1.82) is 0 Å². The van der Waals surface area contributed by atoms with E-state index in [4.69, 9.17) is 20.4 Å². The zero-order valence-corrected chi connectivity index (χ0v) is 7.57. The average molecular weight is 210 g/mol. The maximum absolute atomic E-state index is 10.3. The summed E-state index contributed by atoms with van der Waals surface area (Å²) in [5, 5.41) is 44.6. The molecule has 0 aliphatic rings. The van der Waals surface area contributed by atoms with E-state index in [2.05, 4.69) is 4.74 Å². The van der Waals surface area contributed by atoms with Crippen LogP contribution in [0.15, 0.2) is 0 Å². The van der Waals surface area contributed by atoms with Crippen molar-refractivity contribution in [2.24, 2.45) is 0 Å². The highest BCUT2D eigenvalue weighted by atomic mass is 16.5. The Morgan fingerprint density at radius 2 is 1.93 bits per heavy atom. The summed E-state index contributed by atoms with van der Waals surface area (Å²) in [6.45, 7) is -1.18. The molecule has 14 heavy (non-hydrogen) atoms. The van der Waals surface area contributed by atoms with Crippen molar-refractivity contribution in [1.82, 2.24) is 0 Å². The second-order valence-corrected chi connectivity index (χ2v) is 2.81. The van der Waals surface area contributed by atoms with Crippen LogP contribution in [-0.2, 0) is 9.53 Å². The van der Waals surface area contributed by atoms with E-state index in [9.17, 15) is 9.90 Å². The minimum absolute atomic E-state index is 0.196. The van der Waals surface area contributed by atoms with Gasteiger partial charge in [-0.25, -0.2) is 0 Å². The molecule has 0 saturated carbocycles. The molecule has 7 nitrogen and oxygen atoms in total. The third-order valence-corrected chi connectivity index (χ3v) is 1.77. The molecule has 0 aromatic rings. The van der Waals surface area contributed by atoms with Gasteiger partial charge in [0.05, 0.1) is 6.61 Å². The van der Waals surface area contributed by atoms with Crippen LogP contribution in [0.25, 0.3) is 0 Å². The Morgan fingerprint density at radius 1 is 1.43 bits per heavy atom. The second-order valence-electron chi connectivity index (χ2n) is 2.81. The van der Waals surface area contributed by atoms with Gasteiger partial charge in [0.15, 0.2) is 6.29 Å². The van der Waals surface area contributed by atoms with E-state index in [1.165, 1.54) is 0 Å². The van der Waals surface area contributed by atoms with Crippen molar-refractivity contribution in [3.8, 4) is 0 Å². The quantitative estimate of drug-likeness (QED) is 0.228. The Hall–Kier alpha value is -0.570. The average Bonchev–Trinajstić information content (AvgIpc) is 2.18. The predicted octanol–water partition coefficient (Wildman–Crippen LogP) is -3.40. The zero-order chi connectivity index (χ0) is 11.4. The largest absolute Gasteiger partial charge is 0.391 e. The van der Waals surface area contributed by atoms with Crippen LogP contribution in [0.2, 0.25) is 0 Å². The Labute approximate surface area is 80.2 Å². The highest BCUT2D eigenvalue weighted by Gasteiger charge is 2.41. The molecular formula is C7H14O7. The summed E-state index contributed by atoms with van der Waals surface area (Å²) in [5.74, 6) is -2.88. The van der Waals surface area contributed by atoms with E-state index in [0.29, 0.717) is 0 Å². The number of aldehydes is 1. The monoisotopic (exact) mass is 210 g/mol. The van der Waals surface area contributed by atoms with Gasteiger partial charge in [0.2, 0.25) is 5.79 Å². The first-order chi connectivity index (χ1) is 6.40. The van der Waals surface area contributed by atoms with Gasteiger partial charge in [-0.15, -0.1) is 0 Å². The summed E-state index contributed by atoms with van der Waals surface area (Å²) in [4.78, 5) is 10.3. The number of methoxy groups -OCH3 is 1. The van der Waals surface area contributed by atoms with Gasteiger partial charge in [0.1, 0.15) is 18.3 Å². The van der Waals surface area contributed by atoms with E-state index < -0.39 is 30.7 Å². The number of aliphatic hydroxyl groups is 5. The first kappa shape index (κ1) is 13.4. The van der Waals surface area contributed by atoms with Gasteiger partial charge in [0.25, 0.3) is 0 Å². The zero-order valence-electron chi connectivity index (χ0n) is 7.57. The third kappa shape index (κ3) is 2.98. The maximum atomic E-state index is 10.3. The number of ether oxygens (including phenoxy) is 1. The first-order valence-corrected chi connectivity index (χ1v) is 3.80. The Bertz CT molecular complexity index is 181. The molecule has 0 heterocycles. The molecule has 84 valence electrons. The lowest BCUT2D eigenvalue weighted by molar-refractivity contribution is -0.270. The number of carbonyl (C=O) groups is 1. The number of carbonyl (C=O) groups excluding carboxylic acids is 1. The van der Waals surface area contributed by atoms with Gasteiger partial charge >= 0.3 is 0 Å². The molecule has 0 fully saturated rings. The smallest absolute Gasteiger partial charge is 0.216 e. The third-order valence-electron chi connectivity index (χ3n) is 1.77. The summed E-state index contributed by atoms with van der Waals surface area (Å²) < 4.78 is 4.44. The lowest BCUT2D eigenvalue weighted by Gasteiger charge is -2.30. The summed E-state index contributed by atoms with van der Waals surface area (Å²) in [6.07, 6.45) is -5.14. The topological polar surface area (TPSA) is 127 Å². The number of hydrogen-bond donors (Lipinski definition) is 5. The summed E-state index contributed by atoms with van der Waals surface area (Å²) in [6, 6.07) is 0. The van der Waals surface area contributed by atoms with Crippen LogP contribution in [0.5, 0.6) is 0 Å². The highest BCUT2D eigenvalue weighted by molar-refractivity contribution is 5.57. The molecule has 0 radical (unpaired) electrons. The molecule has 3 atom stereocenters. The maximum Gasteiger partial charge on any atom is 0.216 e.